The van der Waals surface area contributed by atoms with E-state index in [0.717, 1.165) is 19.4 Å². The predicted octanol–water partition coefficient (Wildman–Crippen LogP) is 2.76. The number of nitrogens with one attached hydrogen (secondary N) is 1. The van der Waals surface area contributed by atoms with Crippen molar-refractivity contribution in [2.24, 2.45) is 7.05 Å². The van der Waals surface area contributed by atoms with Gasteiger partial charge in [0.05, 0.1) is 11.4 Å². The molecule has 18 heavy (non-hydrogen) atoms. The molecule has 0 aromatic carbocycles. The smallest absolute Gasteiger partial charge is 0.0625 e. The van der Waals surface area contributed by atoms with Gasteiger partial charge in [-0.05, 0) is 37.3 Å². The first-order chi connectivity index (χ1) is 8.69. The molecule has 3 nitrogen and oxygen atoms in total. The van der Waals surface area contributed by atoms with Gasteiger partial charge in [0.1, 0.15) is 0 Å². The molecule has 4 heteroatoms. The minimum atomic E-state index is 0.489. The van der Waals surface area contributed by atoms with Crippen molar-refractivity contribution in [1.82, 2.24) is 15.1 Å². The Morgan fingerprint density at radius 3 is 2.94 bits per heavy atom. The van der Waals surface area contributed by atoms with Crippen molar-refractivity contribution in [2.75, 3.05) is 0 Å². The van der Waals surface area contributed by atoms with Crippen LogP contribution in [0.2, 0.25) is 0 Å². The Hall–Kier alpha value is -1.13. The van der Waals surface area contributed by atoms with E-state index in [9.17, 15) is 0 Å². The highest BCUT2D eigenvalue weighted by Gasteiger charge is 2.07. The molecule has 0 aliphatic heterocycles. The first-order valence-electron chi connectivity index (χ1n) is 6.46. The number of nitrogens with zero attached hydrogens (tertiary/aromatic N) is 2. The molecule has 0 aliphatic rings. The number of thiophene rings is 1. The molecule has 0 amide bonds. The highest BCUT2D eigenvalue weighted by molar-refractivity contribution is 7.09. The van der Waals surface area contributed by atoms with Crippen molar-refractivity contribution >= 4 is 11.3 Å². The third-order valence-electron chi connectivity index (χ3n) is 3.11. The second kappa shape index (κ2) is 6.16. The fourth-order valence-electron chi connectivity index (χ4n) is 1.99. The van der Waals surface area contributed by atoms with Gasteiger partial charge >= 0.3 is 0 Å². The highest BCUT2D eigenvalue weighted by Crippen LogP contribution is 2.11. The maximum atomic E-state index is 4.46. The number of aryl methyl sites for hydroxylation is 2. The highest BCUT2D eigenvalue weighted by atomic mass is 32.1. The van der Waals surface area contributed by atoms with Gasteiger partial charge in [0.25, 0.3) is 0 Å². The Morgan fingerprint density at radius 1 is 1.50 bits per heavy atom. The molecule has 0 bridgehead atoms. The summed E-state index contributed by atoms with van der Waals surface area (Å²) < 4.78 is 1.98. The van der Waals surface area contributed by atoms with E-state index in [1.165, 1.54) is 16.3 Å². The Kier molecular flexibility index (Phi) is 4.55. The molecule has 2 aromatic heterocycles. The Labute approximate surface area is 113 Å². The molecule has 1 N–H and O–H groups in total. The van der Waals surface area contributed by atoms with Crippen LogP contribution in [-0.2, 0) is 26.4 Å². The Morgan fingerprint density at radius 2 is 2.33 bits per heavy atom. The number of aromatic nitrogens is 2. The molecule has 2 rings (SSSR count). The van der Waals surface area contributed by atoms with E-state index in [-0.39, 0.29) is 0 Å². The normalized spacial score (nSPS) is 12.8. The van der Waals surface area contributed by atoms with Crippen molar-refractivity contribution in [3.63, 3.8) is 0 Å². The summed E-state index contributed by atoms with van der Waals surface area (Å²) in [4.78, 5) is 1.44. The minimum Gasteiger partial charge on any atom is -0.308 e. The molecular formula is C14H21N3S. The summed E-state index contributed by atoms with van der Waals surface area (Å²) in [6.07, 6.45) is 2.09. The van der Waals surface area contributed by atoms with Gasteiger partial charge in [-0.2, -0.15) is 5.10 Å². The van der Waals surface area contributed by atoms with Crippen LogP contribution >= 0.6 is 11.3 Å². The SMILES string of the molecule is CCc1cc(CNC(C)Cc2cccs2)n(C)n1. The van der Waals surface area contributed by atoms with E-state index < -0.39 is 0 Å². The number of rotatable bonds is 6. The molecule has 98 valence electrons. The van der Waals surface area contributed by atoms with Gasteiger partial charge in [-0.1, -0.05) is 13.0 Å². The lowest BCUT2D eigenvalue weighted by Crippen LogP contribution is -2.28. The average Bonchev–Trinajstić information content (AvgIpc) is 2.96. The van der Waals surface area contributed by atoms with Gasteiger partial charge in [0.2, 0.25) is 0 Å². The van der Waals surface area contributed by atoms with Gasteiger partial charge in [0.15, 0.2) is 0 Å². The van der Waals surface area contributed by atoms with Crippen molar-refractivity contribution < 1.29 is 0 Å². The lowest BCUT2D eigenvalue weighted by atomic mass is 10.2. The van der Waals surface area contributed by atoms with E-state index in [1.54, 1.807) is 0 Å². The average molecular weight is 263 g/mol. The number of hydrogen-bond acceptors (Lipinski definition) is 3. The standard InChI is InChI=1S/C14H21N3S/c1-4-12-9-13(17(3)16-12)10-15-11(2)8-14-6-5-7-18-14/h5-7,9,11,15H,4,8,10H2,1-3H3. The first kappa shape index (κ1) is 13.3. The Balaban J connectivity index is 1.85. The van der Waals surface area contributed by atoms with Crippen molar-refractivity contribution in [3.8, 4) is 0 Å². The van der Waals surface area contributed by atoms with Crippen LogP contribution in [0.25, 0.3) is 0 Å². The summed E-state index contributed by atoms with van der Waals surface area (Å²) >= 11 is 1.83. The maximum Gasteiger partial charge on any atom is 0.0625 e. The van der Waals surface area contributed by atoms with E-state index in [1.807, 2.05) is 23.1 Å². The molecule has 0 spiro atoms. The van der Waals surface area contributed by atoms with Crippen LogP contribution in [0.1, 0.15) is 30.1 Å². The van der Waals surface area contributed by atoms with Crippen molar-refractivity contribution in [2.45, 2.75) is 39.3 Å². The van der Waals surface area contributed by atoms with E-state index >= 15 is 0 Å². The molecule has 0 aliphatic carbocycles. The van der Waals surface area contributed by atoms with Crippen molar-refractivity contribution in [3.05, 3.63) is 39.8 Å². The quantitative estimate of drug-likeness (QED) is 0.868. The third-order valence-corrected chi connectivity index (χ3v) is 4.01. The fraction of sp³-hybridized carbons (Fsp3) is 0.500. The zero-order valence-corrected chi connectivity index (χ0v) is 12.1. The first-order valence-corrected chi connectivity index (χ1v) is 7.34. The topological polar surface area (TPSA) is 29.9 Å². The van der Waals surface area contributed by atoms with Crippen molar-refractivity contribution in [1.29, 1.82) is 0 Å². The molecule has 0 saturated carbocycles. The third kappa shape index (κ3) is 3.43. The van der Waals surface area contributed by atoms with Gasteiger partial charge in [-0.3, -0.25) is 4.68 Å². The van der Waals surface area contributed by atoms with Crippen LogP contribution in [0, 0.1) is 0 Å². The second-order valence-corrected chi connectivity index (χ2v) is 5.70. The lowest BCUT2D eigenvalue weighted by Gasteiger charge is -2.12. The van der Waals surface area contributed by atoms with Crippen LogP contribution < -0.4 is 5.32 Å². The molecule has 1 unspecified atom stereocenters. The molecule has 0 saturated heterocycles. The lowest BCUT2D eigenvalue weighted by molar-refractivity contribution is 0.528. The summed E-state index contributed by atoms with van der Waals surface area (Å²) in [6, 6.07) is 6.98. The zero-order valence-electron chi connectivity index (χ0n) is 11.3. The summed E-state index contributed by atoms with van der Waals surface area (Å²) in [5.41, 5.74) is 2.42. The van der Waals surface area contributed by atoms with Gasteiger partial charge in [-0.15, -0.1) is 11.3 Å². The van der Waals surface area contributed by atoms with Crippen LogP contribution in [0.5, 0.6) is 0 Å². The predicted molar refractivity (Wildman–Crippen MR) is 76.9 cm³/mol. The summed E-state index contributed by atoms with van der Waals surface area (Å²) in [7, 11) is 2.01. The zero-order chi connectivity index (χ0) is 13.0. The summed E-state index contributed by atoms with van der Waals surface area (Å²) in [6.45, 7) is 5.26. The van der Waals surface area contributed by atoms with E-state index in [2.05, 4.69) is 47.8 Å². The second-order valence-electron chi connectivity index (χ2n) is 4.67. The summed E-state index contributed by atoms with van der Waals surface area (Å²) in [5, 5.41) is 10.2. The van der Waals surface area contributed by atoms with Gasteiger partial charge < -0.3 is 5.32 Å². The van der Waals surface area contributed by atoms with Gasteiger partial charge in [0, 0.05) is 24.5 Å². The molecule has 0 fully saturated rings. The summed E-state index contributed by atoms with van der Waals surface area (Å²) in [5.74, 6) is 0. The molecule has 2 heterocycles. The minimum absolute atomic E-state index is 0.489. The molecular weight excluding hydrogens is 242 g/mol. The monoisotopic (exact) mass is 263 g/mol. The maximum absolute atomic E-state index is 4.46. The molecule has 0 radical (unpaired) electrons. The van der Waals surface area contributed by atoms with Crippen LogP contribution in [0.4, 0.5) is 0 Å². The largest absolute Gasteiger partial charge is 0.308 e. The molecule has 2 aromatic rings. The molecule has 1 atom stereocenters. The van der Waals surface area contributed by atoms with E-state index in [4.69, 9.17) is 0 Å². The number of hydrogen-bond donors (Lipinski definition) is 1. The fourth-order valence-corrected chi connectivity index (χ4v) is 2.83. The van der Waals surface area contributed by atoms with Crippen LogP contribution in [0.15, 0.2) is 23.6 Å². The van der Waals surface area contributed by atoms with Gasteiger partial charge in [-0.25, -0.2) is 0 Å². The van der Waals surface area contributed by atoms with E-state index in [0.29, 0.717) is 6.04 Å². The van der Waals surface area contributed by atoms with Crippen LogP contribution in [0.3, 0.4) is 0 Å². The van der Waals surface area contributed by atoms with Crippen LogP contribution in [-0.4, -0.2) is 15.8 Å². The Bertz CT molecular complexity index is 473.